The second kappa shape index (κ2) is 14.6. The van der Waals surface area contributed by atoms with Crippen molar-refractivity contribution in [3.63, 3.8) is 0 Å². The van der Waals surface area contributed by atoms with Crippen LogP contribution in [0.4, 0.5) is 5.69 Å². The zero-order chi connectivity index (χ0) is 23.9. The van der Waals surface area contributed by atoms with Crippen molar-refractivity contribution < 1.29 is 14.3 Å². The number of methoxy groups -OCH3 is 1. The Morgan fingerprint density at radius 1 is 1.18 bits per heavy atom. The number of ether oxygens (including phenoxy) is 1. The lowest BCUT2D eigenvalue weighted by molar-refractivity contribution is -0.140. The van der Waals surface area contributed by atoms with E-state index in [1.165, 1.54) is 7.11 Å². The van der Waals surface area contributed by atoms with E-state index in [1.54, 1.807) is 18.5 Å². The first kappa shape index (κ1) is 25.8. The van der Waals surface area contributed by atoms with Gasteiger partial charge in [-0.1, -0.05) is 50.6 Å². The van der Waals surface area contributed by atoms with Gasteiger partial charge in [-0.3, -0.25) is 19.5 Å². The molecule has 1 aliphatic rings. The molecule has 0 aliphatic carbocycles. The monoisotopic (exact) mass is 450 g/mol. The number of carbonyl (C=O) groups is 2. The number of unbranched alkanes of at least 4 members (excludes halogenated alkanes) is 3. The van der Waals surface area contributed by atoms with Gasteiger partial charge in [0.2, 0.25) is 0 Å². The number of amides is 1. The molecule has 1 N–H and O–H groups in total. The van der Waals surface area contributed by atoms with Crippen molar-refractivity contribution >= 4 is 29.6 Å². The van der Waals surface area contributed by atoms with Gasteiger partial charge in [0.1, 0.15) is 5.84 Å². The van der Waals surface area contributed by atoms with Crippen LogP contribution in [0.3, 0.4) is 0 Å². The molecule has 7 heteroatoms. The highest BCUT2D eigenvalue weighted by Gasteiger charge is 2.18. The van der Waals surface area contributed by atoms with E-state index < -0.39 is 0 Å². The molecule has 0 fully saturated rings. The average molecular weight is 451 g/mol. The molecule has 1 aromatic carbocycles. The summed E-state index contributed by atoms with van der Waals surface area (Å²) in [5.74, 6) is 0.335. The van der Waals surface area contributed by atoms with Gasteiger partial charge < -0.3 is 10.1 Å². The third-order valence-electron chi connectivity index (χ3n) is 5.05. The molecule has 0 bridgehead atoms. The van der Waals surface area contributed by atoms with Crippen LogP contribution in [-0.4, -0.2) is 44.1 Å². The fraction of sp³-hybridized carbons (Fsp3) is 0.385. The van der Waals surface area contributed by atoms with Crippen molar-refractivity contribution in [2.24, 2.45) is 9.98 Å². The standard InChI is InChI=1S/C26H34N4O3/c1-4-13-22(5-2)30(23-14-9-8-10-15-23)24-20-27-18-21(19-29-24)26(32)28-17-12-7-6-11-16-25(31)33-3/h5,8-10,13-15,18-19H,2,4,6-7,11-12,16-17,20H2,1,3H3,(H,28,32)/b22-13+. The van der Waals surface area contributed by atoms with E-state index in [-0.39, 0.29) is 11.9 Å². The molecular formula is C26H34N4O3. The minimum Gasteiger partial charge on any atom is -0.469 e. The lowest BCUT2D eigenvalue weighted by Gasteiger charge is -2.26. The molecule has 1 heterocycles. The van der Waals surface area contributed by atoms with Gasteiger partial charge in [-0.15, -0.1) is 0 Å². The van der Waals surface area contributed by atoms with Gasteiger partial charge in [0.05, 0.1) is 19.2 Å². The average Bonchev–Trinajstić information content (AvgIpc) is 3.09. The number of esters is 1. The number of nitrogens with one attached hydrogen (secondary N) is 1. The van der Waals surface area contributed by atoms with Crippen molar-refractivity contribution in [1.82, 2.24) is 5.32 Å². The Morgan fingerprint density at radius 3 is 2.64 bits per heavy atom. The summed E-state index contributed by atoms with van der Waals surface area (Å²) in [6.07, 6.45) is 11.8. The Morgan fingerprint density at radius 2 is 1.94 bits per heavy atom. The normalized spacial score (nSPS) is 13.5. The van der Waals surface area contributed by atoms with Crippen molar-refractivity contribution in [2.45, 2.75) is 45.4 Å². The third-order valence-corrected chi connectivity index (χ3v) is 5.05. The van der Waals surface area contributed by atoms with Gasteiger partial charge in [-0.05, 0) is 37.5 Å². The van der Waals surface area contributed by atoms with E-state index in [0.29, 0.717) is 30.9 Å². The largest absolute Gasteiger partial charge is 0.469 e. The molecule has 0 unspecified atom stereocenters. The number of anilines is 1. The Labute approximate surface area is 196 Å². The van der Waals surface area contributed by atoms with Crippen LogP contribution in [0.2, 0.25) is 0 Å². The second-order valence-electron chi connectivity index (χ2n) is 7.51. The zero-order valence-electron chi connectivity index (χ0n) is 19.6. The summed E-state index contributed by atoms with van der Waals surface area (Å²) in [4.78, 5) is 34.7. The molecule has 0 spiro atoms. The van der Waals surface area contributed by atoms with Crippen LogP contribution in [-0.2, 0) is 14.3 Å². The summed E-state index contributed by atoms with van der Waals surface area (Å²) in [6.45, 7) is 6.93. The molecule has 0 saturated heterocycles. The number of rotatable bonds is 12. The van der Waals surface area contributed by atoms with Crippen LogP contribution in [0.5, 0.6) is 0 Å². The number of allylic oxidation sites excluding steroid dienone is 2. The Hall–Kier alpha value is -3.48. The van der Waals surface area contributed by atoms with E-state index in [9.17, 15) is 9.59 Å². The number of nitrogens with zero attached hydrogens (tertiary/aromatic N) is 3. The summed E-state index contributed by atoms with van der Waals surface area (Å²) in [6, 6.07) is 9.92. The molecule has 176 valence electrons. The number of benzene rings is 1. The minimum absolute atomic E-state index is 0.181. The molecule has 1 aliphatic heterocycles. The molecule has 7 nitrogen and oxygen atoms in total. The third kappa shape index (κ3) is 8.52. The zero-order valence-corrected chi connectivity index (χ0v) is 19.6. The smallest absolute Gasteiger partial charge is 0.305 e. The Balaban J connectivity index is 2.00. The Bertz CT molecular complexity index is 917. The van der Waals surface area contributed by atoms with E-state index in [0.717, 1.165) is 43.5 Å². The first-order valence-corrected chi connectivity index (χ1v) is 11.4. The number of para-hydroxylation sites is 1. The molecule has 0 aromatic heterocycles. The maximum Gasteiger partial charge on any atom is 0.305 e. The molecule has 33 heavy (non-hydrogen) atoms. The minimum atomic E-state index is -0.197. The maximum absolute atomic E-state index is 12.6. The number of amidine groups is 1. The van der Waals surface area contributed by atoms with E-state index in [4.69, 9.17) is 0 Å². The van der Waals surface area contributed by atoms with Crippen molar-refractivity contribution in [2.75, 3.05) is 25.1 Å². The first-order valence-electron chi connectivity index (χ1n) is 11.4. The SMILES string of the molecule is C=C/C(=C\CC)N(C1=NC=C(C(=O)NCCCCCCC(=O)OC)C=NC1)c1ccccc1. The summed E-state index contributed by atoms with van der Waals surface area (Å²) < 4.78 is 4.63. The lowest BCUT2D eigenvalue weighted by atomic mass is 10.1. The predicted molar refractivity (Wildman–Crippen MR) is 134 cm³/mol. The highest BCUT2D eigenvalue weighted by Crippen LogP contribution is 2.22. The quantitative estimate of drug-likeness (QED) is 0.287. The van der Waals surface area contributed by atoms with Crippen LogP contribution in [0, 0.1) is 0 Å². The second-order valence-corrected chi connectivity index (χ2v) is 7.51. The Kier molecular flexibility index (Phi) is 11.4. The summed E-state index contributed by atoms with van der Waals surface area (Å²) >= 11 is 0. The predicted octanol–water partition coefficient (Wildman–Crippen LogP) is 4.58. The lowest BCUT2D eigenvalue weighted by Crippen LogP contribution is -2.31. The van der Waals surface area contributed by atoms with Crippen LogP contribution >= 0.6 is 0 Å². The van der Waals surface area contributed by atoms with Gasteiger partial charge in [-0.2, -0.15) is 0 Å². The number of hydrogen-bond acceptors (Lipinski definition) is 6. The van der Waals surface area contributed by atoms with Gasteiger partial charge in [0.25, 0.3) is 5.91 Å². The van der Waals surface area contributed by atoms with E-state index >= 15 is 0 Å². The fourth-order valence-electron chi connectivity index (χ4n) is 3.34. The van der Waals surface area contributed by atoms with Crippen molar-refractivity contribution in [3.8, 4) is 0 Å². The molecule has 1 amide bonds. The number of hydrogen-bond donors (Lipinski definition) is 1. The van der Waals surface area contributed by atoms with Crippen LogP contribution in [0.1, 0.15) is 45.4 Å². The fourth-order valence-corrected chi connectivity index (χ4v) is 3.34. The van der Waals surface area contributed by atoms with Gasteiger partial charge >= 0.3 is 5.97 Å². The van der Waals surface area contributed by atoms with E-state index in [1.807, 2.05) is 35.2 Å². The molecule has 2 rings (SSSR count). The topological polar surface area (TPSA) is 83.4 Å². The number of carbonyl (C=O) groups excluding carboxylic acids is 2. The van der Waals surface area contributed by atoms with Crippen molar-refractivity contribution in [1.29, 1.82) is 0 Å². The molecule has 0 radical (unpaired) electrons. The maximum atomic E-state index is 12.6. The number of aliphatic imine (C=N–C) groups is 2. The molecule has 0 saturated carbocycles. The summed E-state index contributed by atoms with van der Waals surface area (Å²) in [5, 5.41) is 2.92. The van der Waals surface area contributed by atoms with Crippen molar-refractivity contribution in [3.05, 3.63) is 66.5 Å². The summed E-state index contributed by atoms with van der Waals surface area (Å²) in [5.41, 5.74) is 2.30. The highest BCUT2D eigenvalue weighted by molar-refractivity contribution is 6.14. The van der Waals surface area contributed by atoms with Crippen LogP contribution < -0.4 is 10.2 Å². The molecule has 0 atom stereocenters. The van der Waals surface area contributed by atoms with Crippen LogP contribution in [0.25, 0.3) is 0 Å². The highest BCUT2D eigenvalue weighted by atomic mass is 16.5. The van der Waals surface area contributed by atoms with Crippen LogP contribution in [0.15, 0.2) is 76.5 Å². The molecule has 1 aromatic rings. The van der Waals surface area contributed by atoms with Gasteiger partial charge in [-0.25, -0.2) is 4.99 Å². The van der Waals surface area contributed by atoms with Gasteiger partial charge in [0, 0.05) is 36.8 Å². The summed E-state index contributed by atoms with van der Waals surface area (Å²) in [7, 11) is 1.40. The first-order chi connectivity index (χ1) is 16.1. The molecular weight excluding hydrogens is 416 g/mol. The van der Waals surface area contributed by atoms with E-state index in [2.05, 4.69) is 39.6 Å². The van der Waals surface area contributed by atoms with Gasteiger partial charge in [0.15, 0.2) is 0 Å².